The first-order chi connectivity index (χ1) is 17.4. The van der Waals surface area contributed by atoms with Crippen LogP contribution >= 0.6 is 11.3 Å². The molecule has 0 bridgehead atoms. The van der Waals surface area contributed by atoms with Crippen molar-refractivity contribution in [3.8, 4) is 5.75 Å². The second-order valence-corrected chi connectivity index (χ2v) is 9.12. The van der Waals surface area contributed by atoms with E-state index in [9.17, 15) is 14.7 Å². The summed E-state index contributed by atoms with van der Waals surface area (Å²) < 4.78 is 6.98. The maximum atomic E-state index is 12.5. The first-order valence-electron chi connectivity index (χ1n) is 11.7. The molecule has 1 saturated heterocycles. The van der Waals surface area contributed by atoms with E-state index < -0.39 is 0 Å². The number of phenols is 1. The van der Waals surface area contributed by atoms with Gasteiger partial charge in [0.05, 0.1) is 25.1 Å². The molecule has 2 aromatic heterocycles. The standard InChI is InChI=1S/C17H19N5O2S.C7H14N2O2/c1-4-22-8-7-14(21-22)19-17-18-9-13(25-17)16(24)20-15-10(2)5-6-12(23)11(15)3;10-7-8-1-2-9-3-5-11-6-4-9/h5-9,23H,4H2,1-3H3,(H,20,24)(H,18,19,21);7H,1-6H2,(H,8,10). The Morgan fingerprint density at radius 2 is 2.03 bits per heavy atom. The van der Waals surface area contributed by atoms with Gasteiger partial charge in [-0.05, 0) is 32.4 Å². The SMILES string of the molecule is CCn1ccc(Nc2ncc(C(=O)Nc3c(C)ccc(O)c3C)s2)n1.O=CNCCN1CCOCC1. The number of nitrogens with zero attached hydrogens (tertiary/aromatic N) is 4. The molecule has 0 unspecified atom stereocenters. The van der Waals surface area contributed by atoms with E-state index in [-0.39, 0.29) is 11.7 Å². The molecule has 3 heterocycles. The van der Waals surface area contributed by atoms with Crippen molar-refractivity contribution in [2.24, 2.45) is 0 Å². The zero-order chi connectivity index (χ0) is 25.9. The van der Waals surface area contributed by atoms with E-state index in [4.69, 9.17) is 4.74 Å². The fourth-order valence-corrected chi connectivity index (χ4v) is 4.18. The number of ether oxygens (including phenoxy) is 1. The third-order valence-electron chi connectivity index (χ3n) is 5.57. The Labute approximate surface area is 214 Å². The highest BCUT2D eigenvalue weighted by Crippen LogP contribution is 2.29. The lowest BCUT2D eigenvalue weighted by Crippen LogP contribution is -2.40. The predicted octanol–water partition coefficient (Wildman–Crippen LogP) is 2.74. The molecule has 0 aliphatic carbocycles. The number of rotatable bonds is 9. The van der Waals surface area contributed by atoms with Crippen LogP contribution in [0.3, 0.4) is 0 Å². The topological polar surface area (TPSA) is 134 Å². The van der Waals surface area contributed by atoms with Crippen molar-refractivity contribution >= 4 is 40.3 Å². The van der Waals surface area contributed by atoms with E-state index in [1.165, 1.54) is 17.5 Å². The molecule has 0 spiro atoms. The predicted molar refractivity (Wildman–Crippen MR) is 140 cm³/mol. The molecule has 4 rings (SSSR count). The number of hydrogen-bond acceptors (Lipinski definition) is 9. The Kier molecular flexibility index (Phi) is 10.2. The summed E-state index contributed by atoms with van der Waals surface area (Å²) in [5, 5.41) is 23.3. The highest BCUT2D eigenvalue weighted by molar-refractivity contribution is 7.17. The number of carbonyl (C=O) groups excluding carboxylic acids is 2. The number of hydrogen-bond donors (Lipinski definition) is 4. The minimum absolute atomic E-state index is 0.152. The van der Waals surface area contributed by atoms with E-state index in [1.54, 1.807) is 23.7 Å². The van der Waals surface area contributed by atoms with Crippen LogP contribution in [0.4, 0.5) is 16.6 Å². The van der Waals surface area contributed by atoms with Crippen LogP contribution in [0.15, 0.2) is 30.6 Å². The summed E-state index contributed by atoms with van der Waals surface area (Å²) in [5.41, 5.74) is 2.15. The van der Waals surface area contributed by atoms with Crippen LogP contribution in [0.25, 0.3) is 0 Å². The van der Waals surface area contributed by atoms with E-state index in [2.05, 4.69) is 30.9 Å². The Morgan fingerprint density at radius 3 is 2.72 bits per heavy atom. The fraction of sp³-hybridized carbons (Fsp3) is 0.417. The molecule has 2 amide bonds. The first-order valence-corrected chi connectivity index (χ1v) is 12.6. The molecule has 4 N–H and O–H groups in total. The van der Waals surface area contributed by atoms with Gasteiger partial charge in [0.15, 0.2) is 10.9 Å². The van der Waals surface area contributed by atoms with Gasteiger partial charge in [-0.15, -0.1) is 0 Å². The van der Waals surface area contributed by atoms with E-state index in [0.29, 0.717) is 27.1 Å². The molecule has 11 nitrogen and oxygen atoms in total. The van der Waals surface area contributed by atoms with Crippen molar-refractivity contribution in [1.82, 2.24) is 25.0 Å². The third kappa shape index (κ3) is 7.77. The summed E-state index contributed by atoms with van der Waals surface area (Å²) in [6.45, 7) is 11.7. The van der Waals surface area contributed by atoms with Crippen molar-refractivity contribution in [2.45, 2.75) is 27.3 Å². The average molecular weight is 516 g/mol. The molecular weight excluding hydrogens is 482 g/mol. The maximum absolute atomic E-state index is 12.5. The van der Waals surface area contributed by atoms with Crippen molar-refractivity contribution < 1.29 is 19.4 Å². The summed E-state index contributed by atoms with van der Waals surface area (Å²) in [6.07, 6.45) is 4.13. The Hall–Kier alpha value is -3.48. The number of aryl methyl sites for hydroxylation is 2. The summed E-state index contributed by atoms with van der Waals surface area (Å²) in [4.78, 5) is 29.3. The molecule has 0 saturated carbocycles. The normalized spacial score (nSPS) is 13.4. The molecular formula is C24H33N7O4S. The van der Waals surface area contributed by atoms with Crippen LogP contribution in [-0.2, 0) is 16.1 Å². The van der Waals surface area contributed by atoms with E-state index in [1.807, 2.05) is 26.1 Å². The second-order valence-electron chi connectivity index (χ2n) is 8.09. The van der Waals surface area contributed by atoms with Crippen LogP contribution in [0, 0.1) is 13.8 Å². The van der Waals surface area contributed by atoms with Gasteiger partial charge in [0.25, 0.3) is 5.91 Å². The lowest BCUT2D eigenvalue weighted by Gasteiger charge is -2.26. The van der Waals surface area contributed by atoms with Crippen molar-refractivity contribution in [3.63, 3.8) is 0 Å². The van der Waals surface area contributed by atoms with Crippen molar-refractivity contribution in [3.05, 3.63) is 46.6 Å². The van der Waals surface area contributed by atoms with E-state index in [0.717, 1.165) is 57.9 Å². The lowest BCUT2D eigenvalue weighted by atomic mass is 10.1. The number of nitrogens with one attached hydrogen (secondary N) is 3. The molecule has 1 aromatic carbocycles. The van der Waals surface area contributed by atoms with Gasteiger partial charge in [-0.2, -0.15) is 5.10 Å². The van der Waals surface area contributed by atoms with Crippen LogP contribution < -0.4 is 16.0 Å². The second kappa shape index (κ2) is 13.6. The minimum Gasteiger partial charge on any atom is -0.508 e. The summed E-state index contributed by atoms with van der Waals surface area (Å²) in [5.74, 6) is 0.573. The molecule has 1 fully saturated rings. The van der Waals surface area contributed by atoms with Gasteiger partial charge in [0, 0.05) is 50.6 Å². The number of aromatic hydroxyl groups is 1. The average Bonchev–Trinajstić information content (AvgIpc) is 3.55. The first kappa shape index (κ1) is 27.1. The van der Waals surface area contributed by atoms with Gasteiger partial charge in [-0.1, -0.05) is 17.4 Å². The summed E-state index contributed by atoms with van der Waals surface area (Å²) in [6, 6.07) is 5.23. The van der Waals surface area contributed by atoms with Gasteiger partial charge in [-0.3, -0.25) is 19.2 Å². The number of morpholine rings is 1. The Balaban J connectivity index is 0.000000275. The third-order valence-corrected chi connectivity index (χ3v) is 6.48. The molecule has 0 radical (unpaired) electrons. The van der Waals surface area contributed by atoms with Crippen LogP contribution in [-0.4, -0.2) is 76.5 Å². The monoisotopic (exact) mass is 515 g/mol. The Morgan fingerprint density at radius 1 is 1.25 bits per heavy atom. The van der Waals surface area contributed by atoms with Gasteiger partial charge in [0.1, 0.15) is 10.6 Å². The fourth-order valence-electron chi connectivity index (χ4n) is 3.46. The van der Waals surface area contributed by atoms with Gasteiger partial charge >= 0.3 is 0 Å². The zero-order valence-electron chi connectivity index (χ0n) is 20.8. The largest absolute Gasteiger partial charge is 0.508 e. The molecule has 1 aliphatic heterocycles. The summed E-state index contributed by atoms with van der Waals surface area (Å²) in [7, 11) is 0. The number of phenolic OH excluding ortho intramolecular Hbond substituents is 1. The Bertz CT molecular complexity index is 1140. The molecule has 12 heteroatoms. The number of aromatic nitrogens is 3. The van der Waals surface area contributed by atoms with Crippen LogP contribution in [0.2, 0.25) is 0 Å². The number of carbonyl (C=O) groups is 2. The molecule has 194 valence electrons. The number of anilines is 3. The van der Waals surface area contributed by atoms with E-state index >= 15 is 0 Å². The highest BCUT2D eigenvalue weighted by atomic mass is 32.1. The minimum atomic E-state index is -0.263. The number of thiazole rings is 1. The lowest BCUT2D eigenvalue weighted by molar-refractivity contribution is -0.109. The molecule has 1 aliphatic rings. The van der Waals surface area contributed by atoms with Gasteiger partial charge in [0.2, 0.25) is 6.41 Å². The summed E-state index contributed by atoms with van der Waals surface area (Å²) >= 11 is 1.24. The van der Waals surface area contributed by atoms with Crippen molar-refractivity contribution in [1.29, 1.82) is 0 Å². The molecule has 3 aromatic rings. The highest BCUT2D eigenvalue weighted by Gasteiger charge is 2.15. The smallest absolute Gasteiger partial charge is 0.267 e. The van der Waals surface area contributed by atoms with Crippen LogP contribution in [0.5, 0.6) is 5.75 Å². The van der Waals surface area contributed by atoms with Crippen molar-refractivity contribution in [2.75, 3.05) is 50.0 Å². The van der Waals surface area contributed by atoms with Crippen LogP contribution in [0.1, 0.15) is 27.7 Å². The molecule has 0 atom stereocenters. The molecule has 36 heavy (non-hydrogen) atoms. The van der Waals surface area contributed by atoms with Gasteiger partial charge < -0.3 is 25.8 Å². The number of amides is 2. The van der Waals surface area contributed by atoms with Gasteiger partial charge in [-0.25, -0.2) is 4.98 Å². The zero-order valence-corrected chi connectivity index (χ0v) is 21.6. The quantitative estimate of drug-likeness (QED) is 0.253. The maximum Gasteiger partial charge on any atom is 0.267 e. The number of benzene rings is 1.